The number of aliphatic carboxylic acids is 1. The summed E-state index contributed by atoms with van der Waals surface area (Å²) in [4.78, 5) is 25.9. The van der Waals surface area contributed by atoms with Crippen molar-refractivity contribution in [1.29, 1.82) is 0 Å². The second-order valence-electron chi connectivity index (χ2n) is 13.6. The van der Waals surface area contributed by atoms with Gasteiger partial charge in [-0.25, -0.2) is 0 Å². The van der Waals surface area contributed by atoms with Crippen molar-refractivity contribution >= 4 is 11.8 Å². The summed E-state index contributed by atoms with van der Waals surface area (Å²) in [5, 5.41) is 32.7. The van der Waals surface area contributed by atoms with Gasteiger partial charge in [-0.15, -0.1) is 0 Å². The predicted molar refractivity (Wildman–Crippen MR) is 134 cm³/mol. The number of aliphatic hydroxyl groups excluding tert-OH is 2. The molecule has 5 heteroatoms. The van der Waals surface area contributed by atoms with Crippen LogP contribution in [0.25, 0.3) is 0 Å². The normalized spacial score (nSPS) is 48.9. The minimum Gasteiger partial charge on any atom is -0.481 e. The number of carbonyl (C=O) groups excluding carboxylic acids is 1. The first-order chi connectivity index (χ1) is 16.3. The van der Waals surface area contributed by atoms with Crippen molar-refractivity contribution in [3.05, 3.63) is 23.8 Å². The fourth-order valence-corrected chi connectivity index (χ4v) is 9.77. The van der Waals surface area contributed by atoms with Crippen molar-refractivity contribution in [2.75, 3.05) is 0 Å². The Hall–Kier alpha value is -1.46. The lowest BCUT2D eigenvalue weighted by Crippen LogP contribution is -2.61. The van der Waals surface area contributed by atoms with Crippen molar-refractivity contribution in [1.82, 2.24) is 0 Å². The average molecular weight is 485 g/mol. The van der Waals surface area contributed by atoms with Gasteiger partial charge in [0.2, 0.25) is 0 Å². The Balaban J connectivity index is 1.48. The zero-order valence-electron chi connectivity index (χ0n) is 22.1. The maximum absolute atomic E-state index is 13.6. The van der Waals surface area contributed by atoms with E-state index in [4.69, 9.17) is 0 Å². The third-order valence-corrected chi connectivity index (χ3v) is 12.1. The quantitative estimate of drug-likeness (QED) is 0.453. The first kappa shape index (κ1) is 25.2. The summed E-state index contributed by atoms with van der Waals surface area (Å²) in [6.45, 7) is 15.0. The van der Waals surface area contributed by atoms with E-state index in [-0.39, 0.29) is 17.6 Å². The van der Waals surface area contributed by atoms with Gasteiger partial charge in [0.05, 0.1) is 17.6 Å². The van der Waals surface area contributed by atoms with Crippen LogP contribution < -0.4 is 0 Å². The lowest BCUT2D eigenvalue weighted by atomic mass is 9.48. The monoisotopic (exact) mass is 484 g/mol. The Morgan fingerprint density at radius 2 is 1.83 bits per heavy atom. The van der Waals surface area contributed by atoms with Gasteiger partial charge in [-0.05, 0) is 86.9 Å². The summed E-state index contributed by atoms with van der Waals surface area (Å²) in [6.07, 6.45) is 6.32. The molecule has 5 aliphatic rings. The standard InChI is InChI=1S/C30H44O5/c1-16(2)17(3)7-8-18(4)19-9-10-20-21-11-12-22-28(6,26(34)35)23(31)13-24(32)30(22)15-29(21,30)25(33)14-27(19,20)5/h11,16,18-20,22-23,25,31,33H,3,7-10,12-15H2,1-2,4-6H3,(H,34,35)/t18-,19-,20+,22+,23+,25-,27-,28+,29+,30-/m1/s1. The molecule has 5 aliphatic carbocycles. The van der Waals surface area contributed by atoms with E-state index in [2.05, 4.69) is 40.3 Å². The molecule has 0 bridgehead atoms. The number of carboxylic acid groups (broad SMARTS) is 1. The molecule has 3 N–H and O–H groups in total. The van der Waals surface area contributed by atoms with Crippen molar-refractivity contribution in [3.8, 4) is 0 Å². The Morgan fingerprint density at radius 3 is 2.46 bits per heavy atom. The fraction of sp³-hybridized carbons (Fsp3) is 0.800. The molecule has 5 rings (SSSR count). The van der Waals surface area contributed by atoms with E-state index in [9.17, 15) is 24.9 Å². The summed E-state index contributed by atoms with van der Waals surface area (Å²) in [5.41, 5.74) is -0.292. The van der Waals surface area contributed by atoms with Crippen LogP contribution in [0.5, 0.6) is 0 Å². The predicted octanol–water partition coefficient (Wildman–Crippen LogP) is 5.16. The van der Waals surface area contributed by atoms with Gasteiger partial charge in [0.25, 0.3) is 0 Å². The Labute approximate surface area is 210 Å². The molecule has 0 unspecified atom stereocenters. The third kappa shape index (κ3) is 2.94. The molecule has 0 amide bonds. The largest absolute Gasteiger partial charge is 0.481 e. The molecular formula is C30H44O5. The topological polar surface area (TPSA) is 94.8 Å². The van der Waals surface area contributed by atoms with E-state index in [1.807, 2.05) is 0 Å². The number of hydrogen-bond donors (Lipinski definition) is 3. The van der Waals surface area contributed by atoms with Crippen molar-refractivity contribution < 1.29 is 24.9 Å². The lowest BCUT2D eigenvalue weighted by molar-refractivity contribution is -0.178. The molecule has 2 spiro atoms. The van der Waals surface area contributed by atoms with Crippen LogP contribution in [0.2, 0.25) is 0 Å². The van der Waals surface area contributed by atoms with Crippen LogP contribution >= 0.6 is 0 Å². The van der Waals surface area contributed by atoms with Gasteiger partial charge in [-0.2, -0.15) is 0 Å². The van der Waals surface area contributed by atoms with Gasteiger partial charge in [-0.3, -0.25) is 9.59 Å². The molecule has 0 heterocycles. The minimum atomic E-state index is -1.37. The van der Waals surface area contributed by atoms with Crippen LogP contribution in [0.1, 0.15) is 86.0 Å². The highest BCUT2D eigenvalue weighted by molar-refractivity contribution is 5.95. The summed E-state index contributed by atoms with van der Waals surface area (Å²) < 4.78 is 0. The Bertz CT molecular complexity index is 997. The number of hydrogen-bond acceptors (Lipinski definition) is 4. The van der Waals surface area contributed by atoms with E-state index in [0.29, 0.717) is 42.9 Å². The minimum absolute atomic E-state index is 0.0149. The number of aliphatic hydroxyl groups is 2. The van der Waals surface area contributed by atoms with E-state index in [1.165, 1.54) is 11.1 Å². The van der Waals surface area contributed by atoms with E-state index < -0.39 is 40.3 Å². The smallest absolute Gasteiger partial charge is 0.312 e. The number of fused-ring (bicyclic) bond motifs is 2. The third-order valence-electron chi connectivity index (χ3n) is 12.1. The molecule has 35 heavy (non-hydrogen) atoms. The molecule has 4 fully saturated rings. The van der Waals surface area contributed by atoms with Crippen LogP contribution in [-0.4, -0.2) is 39.3 Å². The number of Topliss-reactive ketones (excluding diaryl/α,β-unsaturated/α-hetero) is 1. The molecule has 0 aromatic heterocycles. The van der Waals surface area contributed by atoms with Crippen LogP contribution in [-0.2, 0) is 9.59 Å². The summed E-state index contributed by atoms with van der Waals surface area (Å²) in [5.74, 6) is 0.354. The second kappa shape index (κ2) is 7.77. The molecule has 0 radical (unpaired) electrons. The summed E-state index contributed by atoms with van der Waals surface area (Å²) in [6, 6.07) is 0. The van der Waals surface area contributed by atoms with Gasteiger partial charge < -0.3 is 15.3 Å². The number of ketones is 1. The molecule has 0 aromatic rings. The number of carbonyl (C=O) groups is 2. The van der Waals surface area contributed by atoms with Gasteiger partial charge in [0, 0.05) is 17.3 Å². The van der Waals surface area contributed by atoms with E-state index in [1.54, 1.807) is 6.92 Å². The van der Waals surface area contributed by atoms with Gasteiger partial charge >= 0.3 is 5.97 Å². The van der Waals surface area contributed by atoms with Gasteiger partial charge in [-0.1, -0.05) is 51.5 Å². The fourth-order valence-electron chi connectivity index (χ4n) is 9.77. The lowest BCUT2D eigenvalue weighted by Gasteiger charge is -2.56. The first-order valence-corrected chi connectivity index (χ1v) is 13.8. The Kier molecular flexibility index (Phi) is 5.60. The van der Waals surface area contributed by atoms with Crippen LogP contribution in [0.3, 0.4) is 0 Å². The molecule has 10 atom stereocenters. The van der Waals surface area contributed by atoms with Crippen molar-refractivity contribution in [2.45, 2.75) is 98.2 Å². The van der Waals surface area contributed by atoms with Crippen LogP contribution in [0, 0.1) is 51.2 Å². The van der Waals surface area contributed by atoms with Crippen molar-refractivity contribution in [3.63, 3.8) is 0 Å². The highest BCUT2D eigenvalue weighted by Crippen LogP contribution is 2.84. The molecular weight excluding hydrogens is 440 g/mol. The van der Waals surface area contributed by atoms with Crippen molar-refractivity contribution in [2.24, 2.45) is 51.2 Å². The highest BCUT2D eigenvalue weighted by Gasteiger charge is 2.85. The van der Waals surface area contributed by atoms with Crippen LogP contribution in [0.15, 0.2) is 23.8 Å². The average Bonchev–Trinajstić information content (AvgIpc) is 3.39. The van der Waals surface area contributed by atoms with Gasteiger partial charge in [0.15, 0.2) is 0 Å². The highest BCUT2D eigenvalue weighted by atomic mass is 16.4. The van der Waals surface area contributed by atoms with Crippen LogP contribution in [0.4, 0.5) is 0 Å². The van der Waals surface area contributed by atoms with E-state index >= 15 is 0 Å². The molecule has 0 aromatic carbocycles. The number of rotatable bonds is 6. The number of carboxylic acids is 1. The molecule has 194 valence electrons. The molecule has 4 saturated carbocycles. The molecule has 0 saturated heterocycles. The maximum atomic E-state index is 13.6. The zero-order valence-corrected chi connectivity index (χ0v) is 22.1. The van der Waals surface area contributed by atoms with Gasteiger partial charge in [0.1, 0.15) is 5.78 Å². The molecule has 5 nitrogen and oxygen atoms in total. The van der Waals surface area contributed by atoms with E-state index in [0.717, 1.165) is 25.7 Å². The maximum Gasteiger partial charge on any atom is 0.312 e. The first-order valence-electron chi connectivity index (χ1n) is 13.8. The Morgan fingerprint density at radius 1 is 1.14 bits per heavy atom. The molecule has 0 aliphatic heterocycles. The summed E-state index contributed by atoms with van der Waals surface area (Å²) in [7, 11) is 0. The second-order valence-corrected chi connectivity index (χ2v) is 13.6. The summed E-state index contributed by atoms with van der Waals surface area (Å²) >= 11 is 0. The zero-order chi connectivity index (χ0) is 25.7. The SMILES string of the molecule is C=C(CC[C@@H](C)[C@H]1CC[C@H]2C3=CC[C@H]4[C@](C)(C(=O)O)[C@@H](O)CC(=O)[C@@]45C[C@@]35[C@H](O)C[C@]12C)C(C)C. The number of allylic oxidation sites excluding steroid dienone is 2.